The minimum absolute atomic E-state index is 0.172. The summed E-state index contributed by atoms with van der Waals surface area (Å²) in [5, 5.41) is 14.6. The van der Waals surface area contributed by atoms with Crippen molar-refractivity contribution in [3.63, 3.8) is 0 Å². The first-order valence-corrected chi connectivity index (χ1v) is 5.43. The van der Waals surface area contributed by atoms with Crippen LogP contribution in [-0.4, -0.2) is 16.1 Å². The third kappa shape index (κ3) is 2.98. The van der Waals surface area contributed by atoms with Gasteiger partial charge < -0.3 is 15.7 Å². The highest BCUT2D eigenvalue weighted by atomic mass is 16.3. The second kappa shape index (κ2) is 5.18. The van der Waals surface area contributed by atoms with Crippen molar-refractivity contribution >= 4 is 17.4 Å². The molecule has 0 unspecified atom stereocenters. The van der Waals surface area contributed by atoms with Crippen molar-refractivity contribution in [3.8, 4) is 5.75 Å². The van der Waals surface area contributed by atoms with Crippen LogP contribution in [0.4, 0.5) is 16.2 Å². The van der Waals surface area contributed by atoms with Crippen LogP contribution in [0.3, 0.4) is 0 Å². The largest absolute Gasteiger partial charge is 0.508 e. The molecule has 0 atom stereocenters. The second-order valence-electron chi connectivity index (χ2n) is 3.82. The van der Waals surface area contributed by atoms with Crippen LogP contribution in [0.1, 0.15) is 5.56 Å². The number of hydrogen-bond acceptors (Lipinski definition) is 3. The smallest absolute Gasteiger partial charge is 0.323 e. The standard InChI is InChI=1S/C13H13N3O2/c1-9-7-11(17)4-5-12(9)16-13(18)15-10-3-2-6-14-8-10/h2-8,17H,1H3,(H2,15,16,18). The molecule has 0 spiro atoms. The molecule has 2 rings (SSSR count). The Hall–Kier alpha value is -2.56. The number of carbonyl (C=O) groups is 1. The Labute approximate surface area is 104 Å². The van der Waals surface area contributed by atoms with Gasteiger partial charge in [0.25, 0.3) is 0 Å². The van der Waals surface area contributed by atoms with E-state index in [1.807, 2.05) is 0 Å². The summed E-state index contributed by atoms with van der Waals surface area (Å²) in [6.07, 6.45) is 3.19. The highest BCUT2D eigenvalue weighted by Gasteiger charge is 2.05. The van der Waals surface area contributed by atoms with Gasteiger partial charge in [-0.3, -0.25) is 4.98 Å². The van der Waals surface area contributed by atoms with E-state index >= 15 is 0 Å². The average molecular weight is 243 g/mol. The van der Waals surface area contributed by atoms with Gasteiger partial charge in [0.2, 0.25) is 0 Å². The van der Waals surface area contributed by atoms with E-state index in [9.17, 15) is 9.90 Å². The summed E-state index contributed by atoms with van der Waals surface area (Å²) >= 11 is 0. The number of phenols is 1. The van der Waals surface area contributed by atoms with Gasteiger partial charge in [-0.15, -0.1) is 0 Å². The molecule has 0 aliphatic heterocycles. The molecule has 1 heterocycles. The molecule has 0 fully saturated rings. The van der Waals surface area contributed by atoms with Crippen LogP contribution >= 0.6 is 0 Å². The van der Waals surface area contributed by atoms with E-state index in [4.69, 9.17) is 0 Å². The zero-order valence-corrected chi connectivity index (χ0v) is 9.84. The number of aromatic nitrogens is 1. The summed E-state index contributed by atoms with van der Waals surface area (Å²) < 4.78 is 0. The van der Waals surface area contributed by atoms with E-state index in [2.05, 4.69) is 15.6 Å². The first-order chi connectivity index (χ1) is 8.65. The normalized spacial score (nSPS) is 9.83. The maximum Gasteiger partial charge on any atom is 0.323 e. The van der Waals surface area contributed by atoms with Crippen molar-refractivity contribution in [2.24, 2.45) is 0 Å². The zero-order chi connectivity index (χ0) is 13.0. The van der Waals surface area contributed by atoms with Crippen LogP contribution in [-0.2, 0) is 0 Å². The number of carbonyl (C=O) groups excluding carboxylic acids is 1. The van der Waals surface area contributed by atoms with Crippen molar-refractivity contribution in [3.05, 3.63) is 48.3 Å². The number of anilines is 2. The molecular weight excluding hydrogens is 230 g/mol. The van der Waals surface area contributed by atoms with E-state index in [0.717, 1.165) is 5.56 Å². The van der Waals surface area contributed by atoms with Gasteiger partial charge in [0.1, 0.15) is 5.75 Å². The summed E-state index contributed by atoms with van der Waals surface area (Å²) in [7, 11) is 0. The molecule has 0 aliphatic carbocycles. The summed E-state index contributed by atoms with van der Waals surface area (Å²) in [5.74, 6) is 0.172. The molecule has 0 aliphatic rings. The lowest BCUT2D eigenvalue weighted by Crippen LogP contribution is -2.19. The van der Waals surface area contributed by atoms with E-state index < -0.39 is 0 Å². The van der Waals surface area contributed by atoms with Crippen LogP contribution in [0.25, 0.3) is 0 Å². The Morgan fingerprint density at radius 2 is 2.11 bits per heavy atom. The molecule has 2 amide bonds. The molecule has 1 aromatic carbocycles. The predicted molar refractivity (Wildman–Crippen MR) is 69.7 cm³/mol. The van der Waals surface area contributed by atoms with Gasteiger partial charge in [-0.1, -0.05) is 0 Å². The summed E-state index contributed by atoms with van der Waals surface area (Å²) in [6.45, 7) is 1.80. The fourth-order valence-electron chi connectivity index (χ4n) is 1.51. The molecular formula is C13H13N3O2. The van der Waals surface area contributed by atoms with E-state index in [1.165, 1.54) is 6.07 Å². The van der Waals surface area contributed by atoms with E-state index in [-0.39, 0.29) is 11.8 Å². The minimum atomic E-state index is -0.350. The molecule has 3 N–H and O–H groups in total. The van der Waals surface area contributed by atoms with Crippen molar-refractivity contribution in [1.82, 2.24) is 4.98 Å². The van der Waals surface area contributed by atoms with E-state index in [1.54, 1.807) is 43.6 Å². The number of aromatic hydroxyl groups is 1. The Morgan fingerprint density at radius 3 is 2.78 bits per heavy atom. The van der Waals surface area contributed by atoms with Crippen molar-refractivity contribution in [2.75, 3.05) is 10.6 Å². The summed E-state index contributed by atoms with van der Waals surface area (Å²) in [6, 6.07) is 7.88. The molecule has 1 aromatic heterocycles. The van der Waals surface area contributed by atoms with Crippen LogP contribution in [0, 0.1) is 6.92 Å². The van der Waals surface area contributed by atoms with Gasteiger partial charge in [-0.2, -0.15) is 0 Å². The molecule has 92 valence electrons. The molecule has 18 heavy (non-hydrogen) atoms. The first-order valence-electron chi connectivity index (χ1n) is 5.43. The Morgan fingerprint density at radius 1 is 1.28 bits per heavy atom. The van der Waals surface area contributed by atoms with Gasteiger partial charge >= 0.3 is 6.03 Å². The SMILES string of the molecule is Cc1cc(O)ccc1NC(=O)Nc1cccnc1. The molecule has 0 radical (unpaired) electrons. The van der Waals surface area contributed by atoms with Crippen LogP contribution < -0.4 is 10.6 Å². The van der Waals surface area contributed by atoms with Crippen LogP contribution in [0.15, 0.2) is 42.7 Å². The van der Waals surface area contributed by atoms with Gasteiger partial charge in [-0.25, -0.2) is 4.79 Å². The number of pyridine rings is 1. The Bertz CT molecular complexity index is 555. The van der Waals surface area contributed by atoms with Crippen LogP contribution in [0.2, 0.25) is 0 Å². The fourth-order valence-corrected chi connectivity index (χ4v) is 1.51. The first kappa shape index (κ1) is 11.9. The molecule has 2 aromatic rings. The number of rotatable bonds is 2. The van der Waals surface area contributed by atoms with E-state index in [0.29, 0.717) is 11.4 Å². The number of urea groups is 1. The molecule has 0 saturated heterocycles. The van der Waals surface area contributed by atoms with Gasteiger partial charge in [-0.05, 0) is 42.8 Å². The highest BCUT2D eigenvalue weighted by Crippen LogP contribution is 2.20. The third-order valence-electron chi connectivity index (χ3n) is 2.38. The second-order valence-corrected chi connectivity index (χ2v) is 3.82. The quantitative estimate of drug-likeness (QED) is 0.710. The maximum atomic E-state index is 11.7. The van der Waals surface area contributed by atoms with Crippen molar-refractivity contribution in [2.45, 2.75) is 6.92 Å². The number of aryl methyl sites for hydroxylation is 1. The number of phenolic OH excluding ortho intramolecular Hbond substituents is 1. The third-order valence-corrected chi connectivity index (χ3v) is 2.38. The Balaban J connectivity index is 2.03. The van der Waals surface area contributed by atoms with Crippen LogP contribution in [0.5, 0.6) is 5.75 Å². The van der Waals surface area contributed by atoms with Crippen molar-refractivity contribution in [1.29, 1.82) is 0 Å². The lowest BCUT2D eigenvalue weighted by Gasteiger charge is -2.09. The highest BCUT2D eigenvalue weighted by molar-refractivity contribution is 6.00. The van der Waals surface area contributed by atoms with Gasteiger partial charge in [0, 0.05) is 11.9 Å². The number of nitrogens with one attached hydrogen (secondary N) is 2. The molecule has 5 nitrogen and oxygen atoms in total. The lowest BCUT2D eigenvalue weighted by molar-refractivity contribution is 0.262. The zero-order valence-electron chi connectivity index (χ0n) is 9.84. The average Bonchev–Trinajstić information content (AvgIpc) is 2.34. The van der Waals surface area contributed by atoms with Crippen molar-refractivity contribution < 1.29 is 9.90 Å². The number of amides is 2. The lowest BCUT2D eigenvalue weighted by atomic mass is 10.2. The fraction of sp³-hybridized carbons (Fsp3) is 0.0769. The maximum absolute atomic E-state index is 11.7. The number of hydrogen-bond donors (Lipinski definition) is 3. The molecule has 0 bridgehead atoms. The summed E-state index contributed by atoms with van der Waals surface area (Å²) in [5.41, 5.74) is 2.05. The molecule has 5 heteroatoms. The number of nitrogens with zero attached hydrogens (tertiary/aromatic N) is 1. The topological polar surface area (TPSA) is 74.2 Å². The number of benzene rings is 1. The minimum Gasteiger partial charge on any atom is -0.508 e. The predicted octanol–water partition coefficient (Wildman–Crippen LogP) is 2.74. The van der Waals surface area contributed by atoms with Gasteiger partial charge in [0.15, 0.2) is 0 Å². The monoisotopic (exact) mass is 243 g/mol. The molecule has 0 saturated carbocycles. The summed E-state index contributed by atoms with van der Waals surface area (Å²) in [4.78, 5) is 15.6. The Kier molecular flexibility index (Phi) is 3.43. The van der Waals surface area contributed by atoms with Gasteiger partial charge in [0.05, 0.1) is 11.9 Å².